The van der Waals surface area contributed by atoms with E-state index in [1.807, 2.05) is 0 Å². The fourth-order valence-electron chi connectivity index (χ4n) is 3.41. The molecule has 3 heteroatoms. The first-order valence-electron chi connectivity index (χ1n) is 7.63. The van der Waals surface area contributed by atoms with Crippen LogP contribution >= 0.6 is 0 Å². The lowest BCUT2D eigenvalue weighted by Crippen LogP contribution is -2.42. The van der Waals surface area contributed by atoms with Gasteiger partial charge in [0.05, 0.1) is 0 Å². The highest BCUT2D eigenvalue weighted by atomic mass is 16.1. The zero-order chi connectivity index (χ0) is 13.1. The van der Waals surface area contributed by atoms with Crippen LogP contribution in [0.25, 0.3) is 0 Å². The van der Waals surface area contributed by atoms with Crippen LogP contribution in [0, 0.1) is 11.8 Å². The molecule has 2 rings (SSSR count). The van der Waals surface area contributed by atoms with Crippen LogP contribution < -0.4 is 10.6 Å². The quantitative estimate of drug-likeness (QED) is 0.789. The average Bonchev–Trinajstić information content (AvgIpc) is 2.67. The molecular weight excluding hydrogens is 224 g/mol. The maximum atomic E-state index is 12.0. The number of hydrogen-bond donors (Lipinski definition) is 2. The van der Waals surface area contributed by atoms with Crippen molar-refractivity contribution in [2.75, 3.05) is 0 Å². The molecular formula is C15H28N2O. The van der Waals surface area contributed by atoms with Crippen LogP contribution in [0.5, 0.6) is 0 Å². The number of carbonyl (C=O) groups excluding carboxylic acids is 1. The summed E-state index contributed by atoms with van der Waals surface area (Å²) in [6.45, 7) is 6.51. The first kappa shape index (κ1) is 13.9. The molecule has 4 unspecified atom stereocenters. The van der Waals surface area contributed by atoms with Crippen molar-refractivity contribution in [2.45, 2.75) is 77.4 Å². The van der Waals surface area contributed by atoms with Crippen molar-refractivity contribution in [1.29, 1.82) is 0 Å². The number of fused-ring (bicyclic) bond motifs is 2. The first-order valence-corrected chi connectivity index (χ1v) is 7.63. The van der Waals surface area contributed by atoms with Gasteiger partial charge >= 0.3 is 0 Å². The zero-order valence-corrected chi connectivity index (χ0v) is 12.0. The van der Waals surface area contributed by atoms with Gasteiger partial charge in [0.25, 0.3) is 0 Å². The van der Waals surface area contributed by atoms with Crippen LogP contribution in [-0.2, 0) is 4.79 Å². The second-order valence-electron chi connectivity index (χ2n) is 6.42. The molecule has 0 aliphatic carbocycles. The van der Waals surface area contributed by atoms with E-state index in [2.05, 4.69) is 31.4 Å². The monoisotopic (exact) mass is 252 g/mol. The van der Waals surface area contributed by atoms with Crippen LogP contribution in [0.4, 0.5) is 0 Å². The van der Waals surface area contributed by atoms with Gasteiger partial charge < -0.3 is 10.6 Å². The number of rotatable bonds is 5. The van der Waals surface area contributed by atoms with Gasteiger partial charge in [-0.3, -0.25) is 4.79 Å². The number of carbonyl (C=O) groups is 1. The fraction of sp³-hybridized carbons (Fsp3) is 0.933. The molecule has 2 saturated heterocycles. The van der Waals surface area contributed by atoms with E-state index in [4.69, 9.17) is 0 Å². The standard InChI is InChI=1S/C15H28N2O/c1-4-10(2)11(3)16-15(18)9-12-7-13-5-6-14(8-12)17-13/h10-14,17H,4-9H2,1-3H3,(H,16,18). The predicted molar refractivity (Wildman–Crippen MR) is 74.3 cm³/mol. The lowest BCUT2D eigenvalue weighted by molar-refractivity contribution is -0.123. The molecule has 0 aromatic rings. The van der Waals surface area contributed by atoms with Crippen LogP contribution in [0.15, 0.2) is 0 Å². The Labute approximate surface area is 111 Å². The van der Waals surface area contributed by atoms with E-state index in [1.165, 1.54) is 25.7 Å². The van der Waals surface area contributed by atoms with E-state index in [0.29, 0.717) is 30.0 Å². The van der Waals surface area contributed by atoms with Crippen molar-refractivity contribution in [3.8, 4) is 0 Å². The average molecular weight is 252 g/mol. The Hall–Kier alpha value is -0.570. The van der Waals surface area contributed by atoms with Gasteiger partial charge in [-0.05, 0) is 44.4 Å². The summed E-state index contributed by atoms with van der Waals surface area (Å²) >= 11 is 0. The molecule has 2 bridgehead atoms. The molecule has 2 aliphatic heterocycles. The summed E-state index contributed by atoms with van der Waals surface area (Å²) in [4.78, 5) is 12.0. The van der Waals surface area contributed by atoms with Crippen molar-refractivity contribution in [2.24, 2.45) is 11.8 Å². The molecule has 4 atom stereocenters. The van der Waals surface area contributed by atoms with E-state index in [-0.39, 0.29) is 5.91 Å². The zero-order valence-electron chi connectivity index (χ0n) is 12.0. The number of piperidine rings is 1. The van der Waals surface area contributed by atoms with Crippen molar-refractivity contribution < 1.29 is 4.79 Å². The fourth-order valence-corrected chi connectivity index (χ4v) is 3.41. The van der Waals surface area contributed by atoms with Gasteiger partial charge in [0.15, 0.2) is 0 Å². The van der Waals surface area contributed by atoms with Gasteiger partial charge in [0.1, 0.15) is 0 Å². The molecule has 2 aliphatic rings. The summed E-state index contributed by atoms with van der Waals surface area (Å²) in [5.74, 6) is 1.43. The van der Waals surface area contributed by atoms with E-state index >= 15 is 0 Å². The van der Waals surface area contributed by atoms with Crippen molar-refractivity contribution in [1.82, 2.24) is 10.6 Å². The molecule has 2 heterocycles. The van der Waals surface area contributed by atoms with Crippen LogP contribution in [0.1, 0.15) is 59.3 Å². The molecule has 104 valence electrons. The van der Waals surface area contributed by atoms with Gasteiger partial charge in [0, 0.05) is 24.5 Å². The van der Waals surface area contributed by atoms with E-state index in [0.717, 1.165) is 12.8 Å². The summed E-state index contributed by atoms with van der Waals surface area (Å²) in [6, 6.07) is 1.68. The van der Waals surface area contributed by atoms with E-state index in [1.54, 1.807) is 0 Å². The van der Waals surface area contributed by atoms with Gasteiger partial charge in [-0.15, -0.1) is 0 Å². The normalized spacial score (nSPS) is 34.1. The van der Waals surface area contributed by atoms with E-state index < -0.39 is 0 Å². The Morgan fingerprint density at radius 1 is 1.28 bits per heavy atom. The third kappa shape index (κ3) is 3.47. The molecule has 2 N–H and O–H groups in total. The summed E-state index contributed by atoms with van der Waals surface area (Å²) in [6.07, 6.45) is 6.87. The second-order valence-corrected chi connectivity index (χ2v) is 6.42. The Balaban J connectivity index is 1.74. The Kier molecular flexibility index (Phi) is 4.66. The predicted octanol–water partition coefficient (Wildman–Crippen LogP) is 2.46. The smallest absolute Gasteiger partial charge is 0.220 e. The van der Waals surface area contributed by atoms with Crippen LogP contribution in [0.3, 0.4) is 0 Å². The molecule has 3 nitrogen and oxygen atoms in total. The Morgan fingerprint density at radius 2 is 1.89 bits per heavy atom. The van der Waals surface area contributed by atoms with Crippen molar-refractivity contribution in [3.63, 3.8) is 0 Å². The maximum Gasteiger partial charge on any atom is 0.220 e. The molecule has 0 saturated carbocycles. The number of hydrogen-bond acceptors (Lipinski definition) is 2. The first-order chi connectivity index (χ1) is 8.58. The molecule has 0 aromatic heterocycles. The largest absolute Gasteiger partial charge is 0.353 e. The van der Waals surface area contributed by atoms with Gasteiger partial charge in [0.2, 0.25) is 5.91 Å². The SMILES string of the molecule is CCC(C)C(C)NC(=O)CC1CC2CCC(C1)N2. The van der Waals surface area contributed by atoms with Crippen molar-refractivity contribution >= 4 is 5.91 Å². The van der Waals surface area contributed by atoms with Crippen molar-refractivity contribution in [3.05, 3.63) is 0 Å². The molecule has 0 radical (unpaired) electrons. The molecule has 18 heavy (non-hydrogen) atoms. The highest BCUT2D eigenvalue weighted by molar-refractivity contribution is 5.76. The molecule has 0 spiro atoms. The molecule has 1 amide bonds. The maximum absolute atomic E-state index is 12.0. The highest BCUT2D eigenvalue weighted by Crippen LogP contribution is 2.32. The minimum absolute atomic E-state index is 0.258. The third-order valence-corrected chi connectivity index (χ3v) is 4.93. The Bertz CT molecular complexity index is 280. The summed E-state index contributed by atoms with van der Waals surface area (Å²) in [7, 11) is 0. The minimum atomic E-state index is 0.258. The summed E-state index contributed by atoms with van der Waals surface area (Å²) in [5, 5.41) is 6.80. The second kappa shape index (κ2) is 6.05. The summed E-state index contributed by atoms with van der Waals surface area (Å²) in [5.41, 5.74) is 0. The van der Waals surface area contributed by atoms with Crippen LogP contribution in [0.2, 0.25) is 0 Å². The highest BCUT2D eigenvalue weighted by Gasteiger charge is 2.34. The molecule has 2 fully saturated rings. The topological polar surface area (TPSA) is 41.1 Å². The minimum Gasteiger partial charge on any atom is -0.353 e. The van der Waals surface area contributed by atoms with E-state index in [9.17, 15) is 4.79 Å². The lowest BCUT2D eigenvalue weighted by Gasteiger charge is -2.29. The number of nitrogens with one attached hydrogen (secondary N) is 2. The van der Waals surface area contributed by atoms with Gasteiger partial charge in [-0.1, -0.05) is 20.3 Å². The lowest BCUT2D eigenvalue weighted by atomic mass is 9.89. The third-order valence-electron chi connectivity index (χ3n) is 4.93. The van der Waals surface area contributed by atoms with Gasteiger partial charge in [-0.2, -0.15) is 0 Å². The molecule has 0 aromatic carbocycles. The summed E-state index contributed by atoms with van der Waals surface area (Å²) < 4.78 is 0. The Morgan fingerprint density at radius 3 is 2.44 bits per heavy atom. The van der Waals surface area contributed by atoms with Crippen LogP contribution in [-0.4, -0.2) is 24.0 Å². The number of amides is 1. The van der Waals surface area contributed by atoms with Gasteiger partial charge in [-0.25, -0.2) is 0 Å².